The summed E-state index contributed by atoms with van der Waals surface area (Å²) in [6.45, 7) is 4.86. The third-order valence-electron chi connectivity index (χ3n) is 4.69. The van der Waals surface area contributed by atoms with Crippen LogP contribution in [0.2, 0.25) is 0 Å². The molecule has 0 saturated heterocycles. The lowest BCUT2D eigenvalue weighted by Gasteiger charge is -2.32. The van der Waals surface area contributed by atoms with Crippen molar-refractivity contribution >= 4 is 45.8 Å². The third-order valence-corrected chi connectivity index (χ3v) is 5.22. The van der Waals surface area contributed by atoms with Gasteiger partial charge in [-0.3, -0.25) is 9.59 Å². The lowest BCUT2D eigenvalue weighted by Crippen LogP contribution is -2.50. The highest BCUT2D eigenvalue weighted by molar-refractivity contribution is 9.10. The number of benzene rings is 1. The average Bonchev–Trinajstić information content (AvgIpc) is 2.72. The number of rotatable bonds is 11. The van der Waals surface area contributed by atoms with Crippen LogP contribution in [-0.2, 0) is 28.7 Å². The predicted octanol–water partition coefficient (Wildman–Crippen LogP) is 3.29. The molecule has 2 atom stereocenters. The minimum atomic E-state index is -1.23. The predicted molar refractivity (Wildman–Crippen MR) is 118 cm³/mol. The van der Waals surface area contributed by atoms with E-state index in [1.165, 1.54) is 13.2 Å². The van der Waals surface area contributed by atoms with Gasteiger partial charge in [-0.05, 0) is 36.6 Å². The minimum Gasteiger partial charge on any atom is -0.480 e. The van der Waals surface area contributed by atoms with Gasteiger partial charge in [0, 0.05) is 4.47 Å². The smallest absolute Gasteiger partial charge is 0.335 e. The molecular formula is C22H28BrNO7. The van der Waals surface area contributed by atoms with Crippen LogP contribution in [0.15, 0.2) is 34.3 Å². The fourth-order valence-electron chi connectivity index (χ4n) is 2.93. The van der Waals surface area contributed by atoms with Crippen LogP contribution in [0.25, 0.3) is 6.08 Å². The van der Waals surface area contributed by atoms with Gasteiger partial charge in [-0.1, -0.05) is 48.3 Å². The Morgan fingerprint density at radius 3 is 2.26 bits per heavy atom. The highest BCUT2D eigenvalue weighted by Crippen LogP contribution is 2.21. The molecule has 170 valence electrons. The Bertz CT molecular complexity index is 820. The van der Waals surface area contributed by atoms with Crippen molar-refractivity contribution in [3.63, 3.8) is 0 Å². The lowest BCUT2D eigenvalue weighted by molar-refractivity contribution is -0.156. The number of ether oxygens (including phenoxy) is 2. The first kappa shape index (κ1) is 26.4. The Kier molecular flexibility index (Phi) is 11.0. The molecule has 1 aromatic carbocycles. The van der Waals surface area contributed by atoms with E-state index in [1.807, 2.05) is 0 Å². The molecule has 0 aliphatic carbocycles. The van der Waals surface area contributed by atoms with Gasteiger partial charge in [0.05, 0.1) is 25.8 Å². The molecule has 0 bridgehead atoms. The summed E-state index contributed by atoms with van der Waals surface area (Å²) in [5, 5.41) is 9.81. The molecule has 0 heterocycles. The van der Waals surface area contributed by atoms with Crippen LogP contribution < -0.4 is 0 Å². The Morgan fingerprint density at radius 2 is 1.77 bits per heavy atom. The number of hydrogen-bond acceptors (Lipinski definition) is 6. The molecule has 1 N–H and O–H groups in total. The maximum absolute atomic E-state index is 12.9. The van der Waals surface area contributed by atoms with Crippen molar-refractivity contribution in [1.29, 1.82) is 0 Å². The van der Waals surface area contributed by atoms with E-state index in [-0.39, 0.29) is 18.7 Å². The number of esters is 2. The molecular weight excluding hydrogens is 470 g/mol. The van der Waals surface area contributed by atoms with Gasteiger partial charge in [-0.2, -0.15) is 0 Å². The Labute approximate surface area is 190 Å². The minimum absolute atomic E-state index is 0.0802. The van der Waals surface area contributed by atoms with Crippen molar-refractivity contribution in [3.8, 4) is 0 Å². The summed E-state index contributed by atoms with van der Waals surface area (Å²) >= 11 is 3.33. The topological polar surface area (TPSA) is 110 Å². The van der Waals surface area contributed by atoms with Crippen LogP contribution >= 0.6 is 15.9 Å². The Morgan fingerprint density at radius 1 is 1.16 bits per heavy atom. The van der Waals surface area contributed by atoms with Crippen LogP contribution in [0.4, 0.5) is 0 Å². The van der Waals surface area contributed by atoms with Crippen molar-refractivity contribution in [2.45, 2.75) is 39.7 Å². The molecule has 0 aliphatic rings. The van der Waals surface area contributed by atoms with Gasteiger partial charge in [0.15, 0.2) is 0 Å². The zero-order valence-electron chi connectivity index (χ0n) is 18.1. The monoisotopic (exact) mass is 497 g/mol. The molecule has 1 rings (SSSR count). The number of carbonyl (C=O) groups is 4. The van der Waals surface area contributed by atoms with Gasteiger partial charge < -0.3 is 19.5 Å². The summed E-state index contributed by atoms with van der Waals surface area (Å²) in [5.74, 6) is -3.85. The first-order chi connectivity index (χ1) is 14.6. The number of aliphatic carboxylic acids is 1. The van der Waals surface area contributed by atoms with Gasteiger partial charge in [0.1, 0.15) is 12.5 Å². The molecule has 8 nitrogen and oxygen atoms in total. The maximum atomic E-state index is 12.9. The van der Waals surface area contributed by atoms with E-state index in [0.717, 1.165) is 9.37 Å². The summed E-state index contributed by atoms with van der Waals surface area (Å²) in [5.41, 5.74) is 0.744. The van der Waals surface area contributed by atoms with Crippen molar-refractivity contribution in [3.05, 3.63) is 39.9 Å². The van der Waals surface area contributed by atoms with Crippen LogP contribution in [-0.4, -0.2) is 60.1 Å². The van der Waals surface area contributed by atoms with E-state index in [0.29, 0.717) is 12.0 Å². The SMILES string of the molecule is CCOC(=O)CC(=O)N(C/C(=C\c1ccc(Br)cc1)C(=O)OC)[C@H](C(=O)O)C(C)CC. The van der Waals surface area contributed by atoms with Gasteiger partial charge in [0.2, 0.25) is 5.91 Å². The van der Waals surface area contributed by atoms with E-state index in [1.54, 1.807) is 45.0 Å². The number of carbonyl (C=O) groups excluding carboxylic acids is 3. The Hall–Kier alpha value is -2.68. The third kappa shape index (κ3) is 8.16. The van der Waals surface area contributed by atoms with E-state index in [2.05, 4.69) is 15.9 Å². The molecule has 0 radical (unpaired) electrons. The fourth-order valence-corrected chi connectivity index (χ4v) is 3.19. The second-order valence-electron chi connectivity index (χ2n) is 6.88. The standard InChI is InChI=1S/C22H28BrNO7/c1-5-14(3)20(21(27)28)24(18(25)12-19(26)31-6-2)13-16(22(29)30-4)11-15-7-9-17(23)10-8-15/h7-11,14,20H,5-6,12-13H2,1-4H3,(H,27,28)/b16-11+/t14?,20-/m0/s1. The second-order valence-corrected chi connectivity index (χ2v) is 7.80. The first-order valence-electron chi connectivity index (χ1n) is 9.86. The van der Waals surface area contributed by atoms with Crippen LogP contribution in [0.3, 0.4) is 0 Å². The molecule has 1 unspecified atom stereocenters. The number of carboxylic acids is 1. The van der Waals surface area contributed by atoms with E-state index in [4.69, 9.17) is 9.47 Å². The molecule has 0 fully saturated rings. The zero-order valence-corrected chi connectivity index (χ0v) is 19.7. The molecule has 1 aromatic rings. The summed E-state index contributed by atoms with van der Waals surface area (Å²) in [4.78, 5) is 50.3. The highest BCUT2D eigenvalue weighted by Gasteiger charge is 2.35. The number of amides is 1. The number of carboxylic acid groups (broad SMARTS) is 1. The van der Waals surface area contributed by atoms with Gasteiger partial charge in [-0.15, -0.1) is 0 Å². The van der Waals surface area contributed by atoms with E-state index >= 15 is 0 Å². The average molecular weight is 498 g/mol. The van der Waals surface area contributed by atoms with Gasteiger partial charge in [-0.25, -0.2) is 9.59 Å². The van der Waals surface area contributed by atoms with Gasteiger partial charge >= 0.3 is 17.9 Å². The van der Waals surface area contributed by atoms with Crippen LogP contribution in [0, 0.1) is 5.92 Å². The number of halogens is 1. The normalized spacial score (nSPS) is 13.1. The molecule has 1 amide bonds. The van der Waals surface area contributed by atoms with Crippen molar-refractivity contribution in [2.24, 2.45) is 5.92 Å². The summed E-state index contributed by atoms with van der Waals surface area (Å²) < 4.78 is 10.5. The van der Waals surface area contributed by atoms with Gasteiger partial charge in [0.25, 0.3) is 0 Å². The molecule has 0 aromatic heterocycles. The Balaban J connectivity index is 3.39. The molecule has 0 spiro atoms. The summed E-state index contributed by atoms with van der Waals surface area (Å²) in [7, 11) is 1.20. The highest BCUT2D eigenvalue weighted by atomic mass is 79.9. The molecule has 0 saturated carbocycles. The number of methoxy groups -OCH3 is 1. The largest absolute Gasteiger partial charge is 0.480 e. The maximum Gasteiger partial charge on any atom is 0.335 e. The summed E-state index contributed by atoms with van der Waals surface area (Å²) in [6.07, 6.45) is 1.38. The lowest BCUT2D eigenvalue weighted by atomic mass is 9.96. The fraction of sp³-hybridized carbons (Fsp3) is 0.455. The first-order valence-corrected chi connectivity index (χ1v) is 10.7. The van der Waals surface area contributed by atoms with Crippen LogP contribution in [0.5, 0.6) is 0 Å². The van der Waals surface area contributed by atoms with E-state index < -0.39 is 42.2 Å². The number of nitrogens with zero attached hydrogens (tertiary/aromatic N) is 1. The van der Waals surface area contributed by atoms with Crippen LogP contribution in [0.1, 0.15) is 39.2 Å². The van der Waals surface area contributed by atoms with Crippen molar-refractivity contribution in [1.82, 2.24) is 4.90 Å². The van der Waals surface area contributed by atoms with E-state index in [9.17, 15) is 24.3 Å². The van der Waals surface area contributed by atoms with Crippen molar-refractivity contribution < 1.29 is 33.8 Å². The molecule has 31 heavy (non-hydrogen) atoms. The summed E-state index contributed by atoms with van der Waals surface area (Å²) in [6, 6.07) is 5.83. The number of hydrogen-bond donors (Lipinski definition) is 1. The molecule has 9 heteroatoms. The molecule has 0 aliphatic heterocycles. The zero-order chi connectivity index (χ0) is 23.6. The quantitative estimate of drug-likeness (QED) is 0.283. The van der Waals surface area contributed by atoms with Crippen molar-refractivity contribution in [2.75, 3.05) is 20.3 Å². The second kappa shape index (κ2) is 12.9.